The van der Waals surface area contributed by atoms with Crippen LogP contribution in [0.15, 0.2) is 35.7 Å². The van der Waals surface area contributed by atoms with Gasteiger partial charge in [-0.15, -0.1) is 11.3 Å². The number of carbonyl (C=O) groups is 1. The van der Waals surface area contributed by atoms with E-state index in [1.807, 2.05) is 41.0 Å². The minimum Gasteiger partial charge on any atom is -0.497 e. The molecular formula is C16H15N3O2S. The molecule has 0 bridgehead atoms. The van der Waals surface area contributed by atoms with Crippen molar-refractivity contribution < 1.29 is 9.53 Å². The van der Waals surface area contributed by atoms with Gasteiger partial charge < -0.3 is 10.5 Å². The molecule has 5 nitrogen and oxygen atoms in total. The van der Waals surface area contributed by atoms with Crippen LogP contribution in [0.5, 0.6) is 5.75 Å². The van der Waals surface area contributed by atoms with Gasteiger partial charge in [-0.1, -0.05) is 0 Å². The number of amides is 1. The molecule has 2 aromatic heterocycles. The standard InChI is InChI=1S/C16H15N3O2S/c1-10-9-22-16-18-15(11-3-5-12(21-2)6-4-11)13(19(10)16)7-8-14(17)20/h3-9H,1-2H3,(H2,17,20)/b8-7+. The molecule has 0 fully saturated rings. The van der Waals surface area contributed by atoms with E-state index in [-0.39, 0.29) is 0 Å². The number of hydrogen-bond acceptors (Lipinski definition) is 4. The Morgan fingerprint density at radius 3 is 2.73 bits per heavy atom. The van der Waals surface area contributed by atoms with Crippen molar-refractivity contribution in [2.24, 2.45) is 5.73 Å². The van der Waals surface area contributed by atoms with Crippen LogP contribution in [0.4, 0.5) is 0 Å². The molecule has 2 heterocycles. The van der Waals surface area contributed by atoms with Gasteiger partial charge in [-0.3, -0.25) is 9.20 Å². The third-order valence-electron chi connectivity index (χ3n) is 3.34. The Morgan fingerprint density at radius 1 is 1.36 bits per heavy atom. The van der Waals surface area contributed by atoms with Crippen molar-refractivity contribution in [2.75, 3.05) is 7.11 Å². The molecule has 0 aliphatic rings. The zero-order chi connectivity index (χ0) is 15.7. The highest BCUT2D eigenvalue weighted by Gasteiger charge is 2.15. The van der Waals surface area contributed by atoms with Crippen LogP contribution in [0.2, 0.25) is 0 Å². The number of thiazole rings is 1. The molecule has 0 atom stereocenters. The second-order valence-electron chi connectivity index (χ2n) is 4.80. The van der Waals surface area contributed by atoms with E-state index in [0.717, 1.165) is 33.4 Å². The van der Waals surface area contributed by atoms with E-state index in [1.165, 1.54) is 6.08 Å². The summed E-state index contributed by atoms with van der Waals surface area (Å²) in [6.07, 6.45) is 3.06. The van der Waals surface area contributed by atoms with Crippen LogP contribution >= 0.6 is 11.3 Å². The molecule has 112 valence electrons. The highest BCUT2D eigenvalue weighted by Crippen LogP contribution is 2.30. The summed E-state index contributed by atoms with van der Waals surface area (Å²) in [5, 5.41) is 2.03. The first-order chi connectivity index (χ1) is 10.6. The smallest absolute Gasteiger partial charge is 0.241 e. The van der Waals surface area contributed by atoms with Crippen LogP contribution in [0.25, 0.3) is 22.3 Å². The van der Waals surface area contributed by atoms with Crippen molar-refractivity contribution >= 4 is 28.3 Å². The van der Waals surface area contributed by atoms with E-state index in [2.05, 4.69) is 4.98 Å². The lowest BCUT2D eigenvalue weighted by Crippen LogP contribution is -2.05. The molecule has 3 rings (SSSR count). The van der Waals surface area contributed by atoms with Crippen molar-refractivity contribution in [2.45, 2.75) is 6.92 Å². The number of ether oxygens (including phenoxy) is 1. The van der Waals surface area contributed by atoms with Gasteiger partial charge in [0.15, 0.2) is 4.96 Å². The zero-order valence-corrected chi connectivity index (χ0v) is 13.1. The Balaban J connectivity index is 2.19. The fourth-order valence-electron chi connectivity index (χ4n) is 2.30. The lowest BCUT2D eigenvalue weighted by Gasteiger charge is -2.03. The van der Waals surface area contributed by atoms with Crippen molar-refractivity contribution in [3.8, 4) is 17.0 Å². The third-order valence-corrected chi connectivity index (χ3v) is 4.28. The molecule has 1 aromatic carbocycles. The van der Waals surface area contributed by atoms with E-state index >= 15 is 0 Å². The van der Waals surface area contributed by atoms with E-state index < -0.39 is 5.91 Å². The van der Waals surface area contributed by atoms with Crippen molar-refractivity contribution in [1.82, 2.24) is 9.38 Å². The van der Waals surface area contributed by atoms with Crippen molar-refractivity contribution in [1.29, 1.82) is 0 Å². The van der Waals surface area contributed by atoms with Gasteiger partial charge in [-0.2, -0.15) is 0 Å². The molecule has 22 heavy (non-hydrogen) atoms. The minimum atomic E-state index is -0.483. The molecule has 0 aliphatic heterocycles. The third kappa shape index (κ3) is 2.48. The summed E-state index contributed by atoms with van der Waals surface area (Å²) in [5.74, 6) is 0.304. The Labute approximate surface area is 131 Å². The molecule has 0 unspecified atom stereocenters. The quantitative estimate of drug-likeness (QED) is 0.753. The highest BCUT2D eigenvalue weighted by molar-refractivity contribution is 7.15. The number of nitrogens with two attached hydrogens (primary N) is 1. The maximum atomic E-state index is 11.1. The summed E-state index contributed by atoms with van der Waals surface area (Å²) in [7, 11) is 1.63. The number of primary amides is 1. The maximum Gasteiger partial charge on any atom is 0.241 e. The second-order valence-corrected chi connectivity index (χ2v) is 5.64. The van der Waals surface area contributed by atoms with Crippen LogP contribution < -0.4 is 10.5 Å². The average Bonchev–Trinajstić information content (AvgIpc) is 3.05. The van der Waals surface area contributed by atoms with E-state index in [1.54, 1.807) is 24.5 Å². The Morgan fingerprint density at radius 2 is 2.09 bits per heavy atom. The number of carbonyl (C=O) groups excluding carboxylic acids is 1. The Hall–Kier alpha value is -2.60. The number of benzene rings is 1. The fraction of sp³-hybridized carbons (Fsp3) is 0.125. The molecule has 3 aromatic rings. The number of methoxy groups -OCH3 is 1. The largest absolute Gasteiger partial charge is 0.497 e. The lowest BCUT2D eigenvalue weighted by molar-refractivity contribution is -0.113. The van der Waals surface area contributed by atoms with Crippen LogP contribution in [0.1, 0.15) is 11.4 Å². The average molecular weight is 313 g/mol. The first-order valence-electron chi connectivity index (χ1n) is 6.68. The summed E-state index contributed by atoms with van der Waals surface area (Å²) < 4.78 is 7.20. The number of aryl methyl sites for hydroxylation is 1. The van der Waals surface area contributed by atoms with Crippen LogP contribution in [-0.4, -0.2) is 22.4 Å². The predicted octanol–water partition coefficient (Wildman–Crippen LogP) is 2.88. The molecular weight excluding hydrogens is 298 g/mol. The Kier molecular flexibility index (Phi) is 3.68. The highest BCUT2D eigenvalue weighted by atomic mass is 32.1. The van der Waals surface area contributed by atoms with Crippen LogP contribution in [0, 0.1) is 6.92 Å². The van der Waals surface area contributed by atoms with Crippen LogP contribution in [0.3, 0.4) is 0 Å². The zero-order valence-electron chi connectivity index (χ0n) is 12.2. The molecule has 0 aliphatic carbocycles. The molecule has 0 saturated heterocycles. The van der Waals surface area contributed by atoms with Gasteiger partial charge in [-0.05, 0) is 37.3 Å². The van der Waals surface area contributed by atoms with Gasteiger partial charge in [0.2, 0.25) is 5.91 Å². The molecule has 0 radical (unpaired) electrons. The molecule has 0 spiro atoms. The summed E-state index contributed by atoms with van der Waals surface area (Å²) in [6.45, 7) is 2.00. The topological polar surface area (TPSA) is 69.6 Å². The van der Waals surface area contributed by atoms with Gasteiger partial charge >= 0.3 is 0 Å². The Bertz CT molecular complexity index is 860. The minimum absolute atomic E-state index is 0.483. The molecule has 2 N–H and O–H groups in total. The maximum absolute atomic E-state index is 11.1. The van der Waals surface area contributed by atoms with E-state index in [9.17, 15) is 4.79 Å². The number of nitrogens with zero attached hydrogens (tertiary/aromatic N) is 2. The first kappa shape index (κ1) is 14.3. The normalized spacial score (nSPS) is 11.4. The molecule has 0 saturated carbocycles. The fourth-order valence-corrected chi connectivity index (χ4v) is 3.17. The van der Waals surface area contributed by atoms with Crippen LogP contribution in [-0.2, 0) is 4.79 Å². The number of hydrogen-bond donors (Lipinski definition) is 1. The van der Waals surface area contributed by atoms with Gasteiger partial charge in [0.05, 0.1) is 18.5 Å². The molecule has 1 amide bonds. The van der Waals surface area contributed by atoms with Gasteiger partial charge in [0, 0.05) is 22.7 Å². The van der Waals surface area contributed by atoms with Gasteiger partial charge in [0.25, 0.3) is 0 Å². The number of aromatic nitrogens is 2. The summed E-state index contributed by atoms with van der Waals surface area (Å²) in [6, 6.07) is 7.67. The van der Waals surface area contributed by atoms with Gasteiger partial charge in [-0.25, -0.2) is 4.98 Å². The van der Waals surface area contributed by atoms with E-state index in [4.69, 9.17) is 10.5 Å². The van der Waals surface area contributed by atoms with Crippen molar-refractivity contribution in [3.63, 3.8) is 0 Å². The summed E-state index contributed by atoms with van der Waals surface area (Å²) >= 11 is 1.56. The number of rotatable bonds is 4. The second kappa shape index (κ2) is 5.65. The summed E-state index contributed by atoms with van der Waals surface area (Å²) in [4.78, 5) is 16.6. The SMILES string of the molecule is COc1ccc(-c2nc3scc(C)n3c2/C=C/C(N)=O)cc1. The van der Waals surface area contributed by atoms with E-state index in [0.29, 0.717) is 0 Å². The monoisotopic (exact) mass is 313 g/mol. The summed E-state index contributed by atoms with van der Waals surface area (Å²) in [5.41, 5.74) is 8.91. The predicted molar refractivity (Wildman–Crippen MR) is 88.0 cm³/mol. The molecule has 6 heteroatoms. The lowest BCUT2D eigenvalue weighted by atomic mass is 10.1. The number of fused-ring (bicyclic) bond motifs is 1. The first-order valence-corrected chi connectivity index (χ1v) is 7.56. The van der Waals surface area contributed by atoms with Gasteiger partial charge in [0.1, 0.15) is 5.75 Å². The number of imidazole rings is 1. The van der Waals surface area contributed by atoms with Crippen molar-refractivity contribution in [3.05, 3.63) is 47.1 Å².